The fraction of sp³-hybridized carbons (Fsp3) is 0.0667. The van der Waals surface area contributed by atoms with Gasteiger partial charge in [-0.15, -0.1) is 0 Å². The van der Waals surface area contributed by atoms with Gasteiger partial charge in [-0.05, 0) is 0 Å². The molecule has 2 rings (SSSR count). The van der Waals surface area contributed by atoms with Gasteiger partial charge >= 0.3 is 0 Å². The molecule has 0 aliphatic heterocycles. The number of hydrogen-bond acceptors (Lipinski definition) is 2. The fourth-order valence-electron chi connectivity index (χ4n) is 1.62. The van der Waals surface area contributed by atoms with Crippen LogP contribution in [0, 0.1) is 0 Å². The van der Waals surface area contributed by atoms with Gasteiger partial charge in [0.1, 0.15) is 0 Å². The van der Waals surface area contributed by atoms with Gasteiger partial charge in [0.25, 0.3) is 5.91 Å². The van der Waals surface area contributed by atoms with E-state index in [0.29, 0.717) is 5.71 Å². The van der Waals surface area contributed by atoms with Gasteiger partial charge in [0.05, 0.1) is 11.0 Å². The summed E-state index contributed by atoms with van der Waals surface area (Å²) in [5.41, 5.74) is 4.48. The molecule has 0 fully saturated rings. The number of halogens is 1. The molecule has 4 heteroatoms. The van der Waals surface area contributed by atoms with Gasteiger partial charge in [-0.25, -0.2) is 5.43 Å². The van der Waals surface area contributed by atoms with E-state index in [9.17, 15) is 4.79 Å². The largest absolute Gasteiger partial charge is 0.272 e. The quantitative estimate of drug-likeness (QED) is 0.525. The second kappa shape index (κ2) is 6.85. The molecule has 2 aromatic carbocycles. The summed E-state index contributed by atoms with van der Waals surface area (Å²) in [6, 6.07) is 18.8. The van der Waals surface area contributed by atoms with Gasteiger partial charge in [-0.3, -0.25) is 4.79 Å². The summed E-state index contributed by atoms with van der Waals surface area (Å²) in [5.74, 6) is -0.855. The number of hydrazone groups is 1. The number of benzene rings is 2. The zero-order valence-electron chi connectivity index (χ0n) is 12.0. The Balaban J connectivity index is 2.36. The van der Waals surface area contributed by atoms with Crippen molar-refractivity contribution in [3.63, 3.8) is 0 Å². The van der Waals surface area contributed by atoms with E-state index in [1.54, 1.807) is 0 Å². The molecule has 0 heterocycles. The van der Waals surface area contributed by atoms with E-state index in [1.165, 1.54) is 0 Å². The second-order valence-corrected chi connectivity index (χ2v) is 4.12. The van der Waals surface area contributed by atoms with Crippen molar-refractivity contribution >= 4 is 27.5 Å². The Bertz CT molecular complexity index is 598. The molecule has 0 atom stereocenters. The summed E-state index contributed by atoms with van der Waals surface area (Å²) in [6.45, 7) is 0. The van der Waals surface area contributed by atoms with E-state index in [2.05, 4.69) is 26.5 Å². The van der Waals surface area contributed by atoms with Gasteiger partial charge < -0.3 is 0 Å². The molecule has 0 aromatic heterocycles. The molecule has 0 saturated heterocycles. The Hall–Kier alpha value is -1.94. The van der Waals surface area contributed by atoms with Crippen molar-refractivity contribution in [1.82, 2.24) is 5.43 Å². The van der Waals surface area contributed by atoms with Crippen LogP contribution in [0.5, 0.6) is 0 Å². The minimum atomic E-state index is -2.16. The number of amides is 1. The SMILES string of the molecule is [2H]C([2H])(Br)C(=O)NN=C(c1ccccc1)c1ccccc1. The first-order valence-corrected chi connectivity index (χ1v) is 6.45. The summed E-state index contributed by atoms with van der Waals surface area (Å²) in [7, 11) is 0. The smallest absolute Gasteiger partial charge is 0.250 e. The van der Waals surface area contributed by atoms with Gasteiger partial charge in [-0.2, -0.15) is 5.10 Å². The Kier molecular flexibility index (Phi) is 3.94. The third-order valence-electron chi connectivity index (χ3n) is 2.45. The summed E-state index contributed by atoms with van der Waals surface area (Å²) in [6.07, 6.45) is 0. The molecule has 0 saturated carbocycles. The lowest BCUT2D eigenvalue weighted by molar-refractivity contribution is -0.118. The molecule has 96 valence electrons. The van der Waals surface area contributed by atoms with Crippen molar-refractivity contribution < 1.29 is 7.54 Å². The van der Waals surface area contributed by atoms with Crippen LogP contribution in [0.25, 0.3) is 0 Å². The molecule has 0 unspecified atom stereocenters. The highest BCUT2D eigenvalue weighted by Gasteiger charge is 2.07. The van der Waals surface area contributed by atoms with E-state index >= 15 is 0 Å². The number of nitrogens with zero attached hydrogens (tertiary/aromatic N) is 1. The van der Waals surface area contributed by atoms with Crippen molar-refractivity contribution in [2.24, 2.45) is 5.10 Å². The summed E-state index contributed by atoms with van der Waals surface area (Å²) >= 11 is 2.66. The predicted molar refractivity (Wildman–Crippen MR) is 80.5 cm³/mol. The van der Waals surface area contributed by atoms with Crippen LogP contribution in [-0.4, -0.2) is 16.9 Å². The standard InChI is InChI=1S/C15H13BrN2O/c16-11-14(19)17-18-15(12-7-3-1-4-8-12)13-9-5-2-6-10-13/h1-10H,11H2,(H,17,19)/i11D2. The van der Waals surface area contributed by atoms with Crippen LogP contribution >= 0.6 is 15.9 Å². The first kappa shape index (κ1) is 10.9. The van der Waals surface area contributed by atoms with Gasteiger partial charge in [0.15, 0.2) is 0 Å². The zero-order chi connectivity index (χ0) is 15.3. The maximum Gasteiger partial charge on any atom is 0.250 e. The van der Waals surface area contributed by atoms with Crippen LogP contribution in [0.3, 0.4) is 0 Å². The Morgan fingerprint density at radius 2 is 1.53 bits per heavy atom. The van der Waals surface area contributed by atoms with E-state index in [4.69, 9.17) is 2.74 Å². The molecule has 0 aliphatic rings. The predicted octanol–water partition coefficient (Wildman–Crippen LogP) is 2.95. The average molecular weight is 319 g/mol. The average Bonchev–Trinajstić information content (AvgIpc) is 2.48. The second-order valence-electron chi connectivity index (χ2n) is 3.73. The number of alkyl halides is 1. The van der Waals surface area contributed by atoms with Crippen LogP contribution in [0.4, 0.5) is 0 Å². The topological polar surface area (TPSA) is 41.5 Å². The highest BCUT2D eigenvalue weighted by molar-refractivity contribution is 9.09. The zero-order valence-corrected chi connectivity index (χ0v) is 11.6. The fourth-order valence-corrected chi connectivity index (χ4v) is 1.70. The maximum absolute atomic E-state index is 11.6. The van der Waals surface area contributed by atoms with Gasteiger partial charge in [0.2, 0.25) is 0 Å². The van der Waals surface area contributed by atoms with Crippen LogP contribution in [0.2, 0.25) is 0 Å². The number of carbonyl (C=O) groups is 1. The molecule has 0 aliphatic carbocycles. The first-order chi connectivity index (χ1) is 9.98. The van der Waals surface area contributed by atoms with Crippen LogP contribution in [0.1, 0.15) is 13.9 Å². The number of carbonyl (C=O) groups excluding carboxylic acids is 1. The normalized spacial score (nSPS) is 12.1. The summed E-state index contributed by atoms with van der Waals surface area (Å²) < 4.78 is 14.6. The molecule has 1 N–H and O–H groups in total. The molecule has 0 radical (unpaired) electrons. The Morgan fingerprint density at radius 3 is 1.95 bits per heavy atom. The van der Waals surface area contributed by atoms with Crippen LogP contribution < -0.4 is 5.43 Å². The molecule has 2 aromatic rings. The summed E-state index contributed by atoms with van der Waals surface area (Å²) in [5, 5.41) is 1.92. The molecule has 3 nitrogen and oxygen atoms in total. The minimum Gasteiger partial charge on any atom is -0.272 e. The number of rotatable bonds is 4. The van der Waals surface area contributed by atoms with Crippen molar-refractivity contribution in [1.29, 1.82) is 0 Å². The molecule has 0 bridgehead atoms. The Labute approximate surface area is 123 Å². The highest BCUT2D eigenvalue weighted by atomic mass is 79.9. The Morgan fingerprint density at radius 1 is 1.05 bits per heavy atom. The molecule has 19 heavy (non-hydrogen) atoms. The molecular weight excluding hydrogens is 304 g/mol. The van der Waals surface area contributed by atoms with Gasteiger partial charge in [-0.1, -0.05) is 76.6 Å². The number of nitrogens with one attached hydrogen (secondary N) is 1. The highest BCUT2D eigenvalue weighted by Crippen LogP contribution is 2.10. The van der Waals surface area contributed by atoms with Crippen molar-refractivity contribution in [2.45, 2.75) is 0 Å². The van der Waals surface area contributed by atoms with Crippen molar-refractivity contribution in [3.8, 4) is 0 Å². The van der Waals surface area contributed by atoms with E-state index in [-0.39, 0.29) is 0 Å². The lowest BCUT2D eigenvalue weighted by Crippen LogP contribution is -2.21. The van der Waals surface area contributed by atoms with E-state index in [0.717, 1.165) is 11.1 Å². The van der Waals surface area contributed by atoms with Crippen LogP contribution in [-0.2, 0) is 4.79 Å². The lowest BCUT2D eigenvalue weighted by Gasteiger charge is -2.07. The van der Waals surface area contributed by atoms with Gasteiger partial charge in [0, 0.05) is 13.9 Å². The third-order valence-corrected chi connectivity index (χ3v) is 2.81. The third kappa shape index (κ3) is 3.76. The first-order valence-electron chi connectivity index (χ1n) is 6.66. The minimum absolute atomic E-state index is 0.571. The monoisotopic (exact) mass is 318 g/mol. The summed E-state index contributed by atoms with van der Waals surface area (Å²) in [4.78, 5) is 11.6. The maximum atomic E-state index is 11.6. The van der Waals surface area contributed by atoms with E-state index < -0.39 is 11.2 Å². The molecule has 0 spiro atoms. The molecule has 1 amide bonds. The van der Waals surface area contributed by atoms with Crippen LogP contribution in [0.15, 0.2) is 65.8 Å². The lowest BCUT2D eigenvalue weighted by atomic mass is 10.0. The molecular formula is C15H13BrN2O. The number of hydrogen-bond donors (Lipinski definition) is 1. The van der Waals surface area contributed by atoms with Crippen molar-refractivity contribution in [3.05, 3.63) is 71.8 Å². The van der Waals surface area contributed by atoms with Crippen molar-refractivity contribution in [2.75, 3.05) is 5.28 Å². The van der Waals surface area contributed by atoms with E-state index in [1.807, 2.05) is 60.7 Å².